The van der Waals surface area contributed by atoms with Gasteiger partial charge in [0.25, 0.3) is 0 Å². The number of hydrogen-bond acceptors (Lipinski definition) is 1. The van der Waals surface area contributed by atoms with Crippen LogP contribution in [0.2, 0.25) is 0 Å². The van der Waals surface area contributed by atoms with E-state index in [1.54, 1.807) is 0 Å². The van der Waals surface area contributed by atoms with E-state index in [0.717, 1.165) is 19.1 Å². The molecule has 11 heavy (non-hydrogen) atoms. The zero-order chi connectivity index (χ0) is 8.36. The smallest absolute Gasteiger partial charge is 0.142 e. The minimum absolute atomic E-state index is 0.805. The van der Waals surface area contributed by atoms with Gasteiger partial charge in [-0.05, 0) is 18.9 Å². The summed E-state index contributed by atoms with van der Waals surface area (Å²) in [5, 5.41) is 0. The third-order valence-electron chi connectivity index (χ3n) is 1.38. The van der Waals surface area contributed by atoms with Crippen LogP contribution in [0.1, 0.15) is 32.6 Å². The van der Waals surface area contributed by atoms with E-state index < -0.39 is 0 Å². The maximum Gasteiger partial charge on any atom is 0.142 e. The van der Waals surface area contributed by atoms with E-state index >= 15 is 0 Å². The van der Waals surface area contributed by atoms with Gasteiger partial charge in [-0.1, -0.05) is 38.0 Å². The van der Waals surface area contributed by atoms with Gasteiger partial charge in [0.2, 0.25) is 0 Å². The summed E-state index contributed by atoms with van der Waals surface area (Å²) in [6, 6.07) is 0. The van der Waals surface area contributed by atoms with Gasteiger partial charge in [0.05, 0.1) is 0 Å². The maximum absolute atomic E-state index is 9.83. The minimum Gasteiger partial charge on any atom is -0.299 e. The van der Waals surface area contributed by atoms with E-state index in [4.69, 9.17) is 0 Å². The monoisotopic (exact) mass is 152 g/mol. The summed E-state index contributed by atoms with van der Waals surface area (Å²) in [6.45, 7) is 2.18. The molecule has 0 radical (unpaired) electrons. The molecule has 0 rings (SSSR count). The SMILES string of the molecule is CCCCC=CC/C=C/C=O. The topological polar surface area (TPSA) is 17.1 Å². The standard InChI is InChI=1S/C10H16O/c1-2-3-4-5-6-7-8-9-10-11/h5-6,8-10H,2-4,7H2,1H3/b6-5?,9-8+. The molecule has 0 fully saturated rings. The molecule has 1 nitrogen and oxygen atoms in total. The number of carbonyl (C=O) groups is 1. The Balaban J connectivity index is 3.15. The van der Waals surface area contributed by atoms with Gasteiger partial charge in [0, 0.05) is 0 Å². The summed E-state index contributed by atoms with van der Waals surface area (Å²) in [5.41, 5.74) is 0. The van der Waals surface area contributed by atoms with Crippen molar-refractivity contribution in [1.29, 1.82) is 0 Å². The molecule has 62 valence electrons. The number of hydrogen-bond donors (Lipinski definition) is 0. The lowest BCUT2D eigenvalue weighted by Crippen LogP contribution is -1.66. The van der Waals surface area contributed by atoms with E-state index in [1.807, 2.05) is 6.08 Å². The molecule has 0 aromatic rings. The van der Waals surface area contributed by atoms with Gasteiger partial charge in [-0.15, -0.1) is 0 Å². The predicted molar refractivity (Wildman–Crippen MR) is 48.5 cm³/mol. The molecule has 0 saturated heterocycles. The summed E-state index contributed by atoms with van der Waals surface area (Å²) in [4.78, 5) is 9.83. The van der Waals surface area contributed by atoms with E-state index in [1.165, 1.54) is 18.9 Å². The maximum atomic E-state index is 9.83. The van der Waals surface area contributed by atoms with Crippen LogP contribution in [0.3, 0.4) is 0 Å². The number of carbonyl (C=O) groups excluding carboxylic acids is 1. The highest BCUT2D eigenvalue weighted by Crippen LogP contribution is 1.96. The largest absolute Gasteiger partial charge is 0.299 e. The third-order valence-corrected chi connectivity index (χ3v) is 1.38. The van der Waals surface area contributed by atoms with Crippen LogP contribution >= 0.6 is 0 Å². The van der Waals surface area contributed by atoms with Gasteiger partial charge in [-0.3, -0.25) is 4.79 Å². The quantitative estimate of drug-likeness (QED) is 0.247. The molecule has 0 bridgehead atoms. The van der Waals surface area contributed by atoms with Crippen molar-refractivity contribution in [2.75, 3.05) is 0 Å². The predicted octanol–water partition coefficient (Wildman–Crippen LogP) is 2.88. The molecule has 0 spiro atoms. The van der Waals surface area contributed by atoms with Crippen LogP contribution < -0.4 is 0 Å². The molecule has 0 aliphatic carbocycles. The molecule has 0 N–H and O–H groups in total. The van der Waals surface area contributed by atoms with Crippen LogP contribution in [-0.4, -0.2) is 6.29 Å². The van der Waals surface area contributed by atoms with Crippen molar-refractivity contribution in [2.24, 2.45) is 0 Å². The molecule has 0 saturated carbocycles. The summed E-state index contributed by atoms with van der Waals surface area (Å²) in [6.07, 6.45) is 13.0. The normalized spacial score (nSPS) is 11.4. The van der Waals surface area contributed by atoms with E-state index in [-0.39, 0.29) is 0 Å². The van der Waals surface area contributed by atoms with Crippen LogP contribution in [0.5, 0.6) is 0 Å². The first kappa shape index (κ1) is 10.2. The molecule has 0 atom stereocenters. The summed E-state index contributed by atoms with van der Waals surface area (Å²) in [5.74, 6) is 0. The molecule has 1 heteroatoms. The van der Waals surface area contributed by atoms with Crippen molar-refractivity contribution < 1.29 is 4.79 Å². The second-order valence-corrected chi connectivity index (χ2v) is 2.41. The van der Waals surface area contributed by atoms with Gasteiger partial charge < -0.3 is 0 Å². The highest BCUT2D eigenvalue weighted by atomic mass is 16.1. The number of aldehydes is 1. The van der Waals surface area contributed by atoms with Crippen LogP contribution in [-0.2, 0) is 4.79 Å². The zero-order valence-corrected chi connectivity index (χ0v) is 7.12. The van der Waals surface area contributed by atoms with Crippen molar-refractivity contribution in [3.8, 4) is 0 Å². The van der Waals surface area contributed by atoms with Crippen molar-refractivity contribution in [2.45, 2.75) is 32.6 Å². The summed E-state index contributed by atoms with van der Waals surface area (Å²) in [7, 11) is 0. The molecule has 0 unspecified atom stereocenters. The van der Waals surface area contributed by atoms with Crippen LogP contribution in [0.15, 0.2) is 24.3 Å². The second-order valence-electron chi connectivity index (χ2n) is 2.41. The molecule has 0 aromatic heterocycles. The average Bonchev–Trinajstić information content (AvgIpc) is 2.03. The van der Waals surface area contributed by atoms with E-state index in [2.05, 4.69) is 19.1 Å². The zero-order valence-electron chi connectivity index (χ0n) is 7.12. The van der Waals surface area contributed by atoms with Gasteiger partial charge in [-0.25, -0.2) is 0 Å². The second kappa shape index (κ2) is 9.15. The lowest BCUT2D eigenvalue weighted by Gasteiger charge is -1.86. The number of rotatable bonds is 6. The summed E-state index contributed by atoms with van der Waals surface area (Å²) < 4.78 is 0. The van der Waals surface area contributed by atoms with Crippen molar-refractivity contribution in [3.05, 3.63) is 24.3 Å². The van der Waals surface area contributed by atoms with Gasteiger partial charge in [0.1, 0.15) is 6.29 Å². The fourth-order valence-corrected chi connectivity index (χ4v) is 0.749. The molecule has 0 aromatic carbocycles. The van der Waals surface area contributed by atoms with Gasteiger partial charge >= 0.3 is 0 Å². The molecular formula is C10H16O. The highest BCUT2D eigenvalue weighted by molar-refractivity contribution is 5.64. The first-order valence-corrected chi connectivity index (χ1v) is 4.17. The van der Waals surface area contributed by atoms with Crippen LogP contribution in [0, 0.1) is 0 Å². The third kappa shape index (κ3) is 9.15. The Bertz CT molecular complexity index is 134. The minimum atomic E-state index is 0.805. The molecule has 0 aliphatic heterocycles. The highest BCUT2D eigenvalue weighted by Gasteiger charge is 1.76. The van der Waals surface area contributed by atoms with Gasteiger partial charge in [0.15, 0.2) is 0 Å². The number of allylic oxidation sites excluding steroid dienone is 4. The van der Waals surface area contributed by atoms with E-state index in [0.29, 0.717) is 0 Å². The Hall–Kier alpha value is -0.850. The molecular weight excluding hydrogens is 136 g/mol. The van der Waals surface area contributed by atoms with Crippen molar-refractivity contribution in [3.63, 3.8) is 0 Å². The Kier molecular flexibility index (Phi) is 8.44. The Morgan fingerprint density at radius 3 is 2.64 bits per heavy atom. The first-order valence-electron chi connectivity index (χ1n) is 4.17. The first-order chi connectivity index (χ1) is 5.41. The number of unbranched alkanes of at least 4 members (excludes halogenated alkanes) is 2. The van der Waals surface area contributed by atoms with E-state index in [9.17, 15) is 4.79 Å². The van der Waals surface area contributed by atoms with Gasteiger partial charge in [-0.2, -0.15) is 0 Å². The summed E-state index contributed by atoms with van der Waals surface area (Å²) >= 11 is 0. The lowest BCUT2D eigenvalue weighted by atomic mass is 10.2. The average molecular weight is 152 g/mol. The Labute approximate surface area is 68.8 Å². The Morgan fingerprint density at radius 2 is 2.00 bits per heavy atom. The molecule has 0 aliphatic rings. The lowest BCUT2D eigenvalue weighted by molar-refractivity contribution is -0.104. The molecule has 0 heterocycles. The van der Waals surface area contributed by atoms with Crippen molar-refractivity contribution in [1.82, 2.24) is 0 Å². The molecule has 0 amide bonds. The fraction of sp³-hybridized carbons (Fsp3) is 0.500. The van der Waals surface area contributed by atoms with Crippen LogP contribution in [0.25, 0.3) is 0 Å². The fourth-order valence-electron chi connectivity index (χ4n) is 0.749. The van der Waals surface area contributed by atoms with Crippen molar-refractivity contribution >= 4 is 6.29 Å². The van der Waals surface area contributed by atoms with Crippen LogP contribution in [0.4, 0.5) is 0 Å². The Morgan fingerprint density at radius 1 is 1.18 bits per heavy atom.